The van der Waals surface area contributed by atoms with Crippen LogP contribution in [0.3, 0.4) is 0 Å². The van der Waals surface area contributed by atoms with Crippen LogP contribution in [0.5, 0.6) is 0 Å². The zero-order valence-electron chi connectivity index (χ0n) is 19.2. The monoisotopic (exact) mass is 466 g/mol. The molecule has 2 heterocycles. The molecule has 1 aromatic carbocycles. The maximum absolute atomic E-state index is 12.9. The summed E-state index contributed by atoms with van der Waals surface area (Å²) in [4.78, 5) is 18.5. The molecule has 2 aromatic heterocycles. The quantitative estimate of drug-likeness (QED) is 0.158. The number of ketones is 1. The number of nitrogens with one attached hydrogen (secondary N) is 1. The van der Waals surface area contributed by atoms with Crippen LogP contribution in [0, 0.1) is 0 Å². The summed E-state index contributed by atoms with van der Waals surface area (Å²) in [5.41, 5.74) is 3.19. The number of benzene rings is 1. The summed E-state index contributed by atoms with van der Waals surface area (Å²) in [6, 6.07) is 18.4. The number of pyridine rings is 1. The molecule has 3 nitrogen and oxygen atoms in total. The van der Waals surface area contributed by atoms with Gasteiger partial charge in [-0.1, -0.05) is 63.1 Å². The standard InChI is InChI=1S/C27H34N2OS2/c1-21(2)24-15-14-23(26(30)25-13-10-20-31-25)27(29-24)32-19-9-4-3-8-17-28-18-16-22-11-6-5-7-12-22/h5-7,10-15,20-21,28H,3-4,8-9,16-19H2,1-2H3. The van der Waals surface area contributed by atoms with Gasteiger partial charge < -0.3 is 5.32 Å². The Labute approximate surface area is 201 Å². The summed E-state index contributed by atoms with van der Waals surface area (Å²) < 4.78 is 0. The van der Waals surface area contributed by atoms with E-state index >= 15 is 0 Å². The van der Waals surface area contributed by atoms with Gasteiger partial charge in [0.05, 0.1) is 10.4 Å². The molecule has 0 unspecified atom stereocenters. The molecule has 0 bridgehead atoms. The van der Waals surface area contributed by atoms with Crippen molar-refractivity contribution in [3.05, 3.63) is 81.7 Å². The van der Waals surface area contributed by atoms with Gasteiger partial charge in [-0.15, -0.1) is 23.1 Å². The van der Waals surface area contributed by atoms with Crippen LogP contribution in [0.4, 0.5) is 0 Å². The van der Waals surface area contributed by atoms with Gasteiger partial charge in [0.25, 0.3) is 0 Å². The number of aromatic nitrogens is 1. The van der Waals surface area contributed by atoms with Gasteiger partial charge in [-0.25, -0.2) is 4.98 Å². The fraction of sp³-hybridized carbons (Fsp3) is 0.407. The second kappa shape index (κ2) is 13.6. The summed E-state index contributed by atoms with van der Waals surface area (Å²) in [7, 11) is 0. The van der Waals surface area contributed by atoms with Crippen LogP contribution in [0.15, 0.2) is 65.0 Å². The molecule has 5 heteroatoms. The van der Waals surface area contributed by atoms with Crippen LogP contribution in [-0.2, 0) is 6.42 Å². The first kappa shape index (κ1) is 24.7. The topological polar surface area (TPSA) is 42.0 Å². The summed E-state index contributed by atoms with van der Waals surface area (Å²) in [6.07, 6.45) is 5.90. The van der Waals surface area contributed by atoms with E-state index in [0.29, 0.717) is 5.92 Å². The Hall–Kier alpha value is -1.95. The Bertz CT molecular complexity index is 940. The van der Waals surface area contributed by atoms with Crippen LogP contribution in [0.25, 0.3) is 0 Å². The van der Waals surface area contributed by atoms with Crippen LogP contribution < -0.4 is 5.32 Å². The predicted octanol–water partition coefficient (Wildman–Crippen LogP) is 6.98. The lowest BCUT2D eigenvalue weighted by atomic mass is 10.1. The van der Waals surface area contributed by atoms with Crippen molar-refractivity contribution in [2.75, 3.05) is 18.8 Å². The molecule has 0 amide bonds. The second-order valence-corrected chi connectivity index (χ2v) is 10.3. The molecule has 3 rings (SSSR count). The van der Waals surface area contributed by atoms with E-state index in [1.54, 1.807) is 11.8 Å². The van der Waals surface area contributed by atoms with E-state index in [9.17, 15) is 4.79 Å². The molecule has 32 heavy (non-hydrogen) atoms. The van der Waals surface area contributed by atoms with Crippen LogP contribution in [0.1, 0.15) is 71.9 Å². The number of hydrogen-bond donors (Lipinski definition) is 1. The second-order valence-electron chi connectivity index (χ2n) is 8.30. The summed E-state index contributed by atoms with van der Waals surface area (Å²) in [5.74, 6) is 1.45. The summed E-state index contributed by atoms with van der Waals surface area (Å²) in [6.45, 7) is 6.41. The number of nitrogens with zero attached hydrogens (tertiary/aromatic N) is 1. The first-order chi connectivity index (χ1) is 15.6. The Kier molecular flexibility index (Phi) is 10.5. The van der Waals surface area contributed by atoms with Gasteiger partial charge in [-0.05, 0) is 73.2 Å². The molecular formula is C27H34N2OS2. The molecule has 0 saturated carbocycles. The molecule has 0 saturated heterocycles. The van der Waals surface area contributed by atoms with Gasteiger partial charge in [0, 0.05) is 5.69 Å². The lowest BCUT2D eigenvalue weighted by Gasteiger charge is -2.11. The Morgan fingerprint density at radius 2 is 1.78 bits per heavy atom. The van der Waals surface area contributed by atoms with Crippen molar-refractivity contribution in [3.63, 3.8) is 0 Å². The molecule has 0 aliphatic heterocycles. The van der Waals surface area contributed by atoms with Crippen molar-refractivity contribution < 1.29 is 4.79 Å². The van der Waals surface area contributed by atoms with Gasteiger partial charge in [-0.3, -0.25) is 4.79 Å². The number of rotatable bonds is 14. The first-order valence-electron chi connectivity index (χ1n) is 11.6. The predicted molar refractivity (Wildman–Crippen MR) is 138 cm³/mol. The average molecular weight is 467 g/mol. The van der Waals surface area contributed by atoms with E-state index in [0.717, 1.165) is 52.8 Å². The molecule has 170 valence electrons. The highest BCUT2D eigenvalue weighted by Crippen LogP contribution is 2.28. The van der Waals surface area contributed by atoms with Crippen molar-refractivity contribution in [2.24, 2.45) is 0 Å². The minimum Gasteiger partial charge on any atom is -0.316 e. The highest BCUT2D eigenvalue weighted by molar-refractivity contribution is 7.99. The van der Waals surface area contributed by atoms with Gasteiger partial charge in [0.2, 0.25) is 5.78 Å². The molecular weight excluding hydrogens is 432 g/mol. The zero-order chi connectivity index (χ0) is 22.6. The molecule has 0 radical (unpaired) electrons. The fourth-order valence-electron chi connectivity index (χ4n) is 3.48. The van der Waals surface area contributed by atoms with Gasteiger partial charge >= 0.3 is 0 Å². The lowest BCUT2D eigenvalue weighted by Crippen LogP contribution is -2.18. The van der Waals surface area contributed by atoms with Gasteiger partial charge in [-0.2, -0.15) is 0 Å². The SMILES string of the molecule is CC(C)c1ccc(C(=O)c2cccs2)c(SCCCCCCNCCc2ccccc2)n1. The van der Waals surface area contributed by atoms with Gasteiger partial charge in [0.1, 0.15) is 5.03 Å². The smallest absolute Gasteiger partial charge is 0.205 e. The average Bonchev–Trinajstić information content (AvgIpc) is 3.35. The maximum Gasteiger partial charge on any atom is 0.205 e. The largest absolute Gasteiger partial charge is 0.316 e. The number of unbranched alkanes of at least 4 members (excludes halogenated alkanes) is 3. The number of hydrogen-bond acceptors (Lipinski definition) is 5. The van der Waals surface area contributed by atoms with E-state index in [1.807, 2.05) is 29.6 Å². The number of carbonyl (C=O) groups is 1. The van der Waals surface area contributed by atoms with Crippen molar-refractivity contribution in [1.82, 2.24) is 10.3 Å². The number of thiophene rings is 1. The normalized spacial score (nSPS) is 11.2. The molecule has 0 atom stereocenters. The third-order valence-electron chi connectivity index (χ3n) is 5.38. The minimum atomic E-state index is 0.0897. The van der Waals surface area contributed by atoms with E-state index in [-0.39, 0.29) is 5.78 Å². The highest BCUT2D eigenvalue weighted by atomic mass is 32.2. The van der Waals surface area contributed by atoms with Gasteiger partial charge in [0.15, 0.2) is 0 Å². The highest BCUT2D eigenvalue weighted by Gasteiger charge is 2.17. The van der Waals surface area contributed by atoms with E-state index < -0.39 is 0 Å². The fourth-order valence-corrected chi connectivity index (χ4v) is 5.18. The summed E-state index contributed by atoms with van der Waals surface area (Å²) >= 11 is 3.22. The molecule has 3 aromatic rings. The maximum atomic E-state index is 12.9. The molecule has 0 fully saturated rings. The van der Waals surface area contributed by atoms with E-state index in [4.69, 9.17) is 4.98 Å². The van der Waals surface area contributed by atoms with E-state index in [1.165, 1.54) is 36.2 Å². The lowest BCUT2D eigenvalue weighted by molar-refractivity contribution is 0.103. The minimum absolute atomic E-state index is 0.0897. The van der Waals surface area contributed by atoms with Crippen LogP contribution >= 0.6 is 23.1 Å². The van der Waals surface area contributed by atoms with Crippen molar-refractivity contribution in [3.8, 4) is 0 Å². The molecule has 0 spiro atoms. The summed E-state index contributed by atoms with van der Waals surface area (Å²) in [5, 5.41) is 6.39. The third kappa shape index (κ3) is 7.88. The first-order valence-corrected chi connectivity index (χ1v) is 13.5. The van der Waals surface area contributed by atoms with Crippen LogP contribution in [0.2, 0.25) is 0 Å². The molecule has 1 N–H and O–H groups in total. The third-order valence-corrected chi connectivity index (χ3v) is 7.33. The van der Waals surface area contributed by atoms with Crippen molar-refractivity contribution >= 4 is 28.9 Å². The molecule has 0 aliphatic rings. The Morgan fingerprint density at radius 3 is 2.53 bits per heavy atom. The van der Waals surface area contributed by atoms with Crippen LogP contribution in [-0.4, -0.2) is 29.6 Å². The zero-order valence-corrected chi connectivity index (χ0v) is 20.8. The number of thioether (sulfide) groups is 1. The van der Waals surface area contributed by atoms with Crippen molar-refractivity contribution in [2.45, 2.75) is 56.9 Å². The van der Waals surface area contributed by atoms with Crippen molar-refractivity contribution in [1.29, 1.82) is 0 Å². The van der Waals surface area contributed by atoms with E-state index in [2.05, 4.69) is 49.5 Å². The Balaban J connectivity index is 1.37. The molecule has 0 aliphatic carbocycles. The number of carbonyl (C=O) groups excluding carboxylic acids is 1. The Morgan fingerprint density at radius 1 is 0.969 bits per heavy atom.